The average Bonchev–Trinajstić information content (AvgIpc) is 2.73. The van der Waals surface area contributed by atoms with E-state index < -0.39 is 6.04 Å². The average molecular weight is 467 g/mol. The van der Waals surface area contributed by atoms with Crippen LogP contribution in [-0.4, -0.2) is 35.1 Å². The quantitative estimate of drug-likeness (QED) is 0.459. The Bertz CT molecular complexity index is 846. The molecule has 7 heteroatoms. The highest BCUT2D eigenvalue weighted by atomic mass is 35.5. The number of carbonyl (C=O) groups excluding carboxylic acids is 2. The van der Waals surface area contributed by atoms with Crippen LogP contribution < -0.4 is 5.32 Å². The summed E-state index contributed by atoms with van der Waals surface area (Å²) in [6.07, 6.45) is 0.521. The van der Waals surface area contributed by atoms with Gasteiger partial charge in [0.25, 0.3) is 0 Å². The van der Waals surface area contributed by atoms with Crippen molar-refractivity contribution in [3.8, 4) is 0 Å². The summed E-state index contributed by atoms with van der Waals surface area (Å²) in [7, 11) is 0. The number of halogens is 2. The Morgan fingerprint density at radius 1 is 1.07 bits per heavy atom. The first-order valence-corrected chi connectivity index (χ1v) is 11.7. The summed E-state index contributed by atoms with van der Waals surface area (Å²) < 4.78 is 0. The summed E-state index contributed by atoms with van der Waals surface area (Å²) in [5.41, 5.74) is 0.831. The molecule has 2 amide bonds. The summed E-state index contributed by atoms with van der Waals surface area (Å²) in [4.78, 5) is 28.7. The minimum Gasteiger partial charge on any atom is -0.354 e. The Hall–Kier alpha value is -1.69. The van der Waals surface area contributed by atoms with Gasteiger partial charge in [-0.05, 0) is 42.2 Å². The first-order valence-electron chi connectivity index (χ1n) is 10.0. The topological polar surface area (TPSA) is 49.4 Å². The van der Waals surface area contributed by atoms with Gasteiger partial charge in [0.15, 0.2) is 0 Å². The number of hydrogen-bond donors (Lipinski definition) is 1. The fourth-order valence-corrected chi connectivity index (χ4v) is 4.05. The predicted octanol–water partition coefficient (Wildman–Crippen LogP) is 5.67. The molecule has 162 valence electrons. The molecule has 1 atom stereocenters. The van der Waals surface area contributed by atoms with Gasteiger partial charge in [0.2, 0.25) is 11.8 Å². The van der Waals surface area contributed by atoms with Crippen molar-refractivity contribution in [2.24, 2.45) is 5.92 Å². The SMILES string of the molecule is CC[C@@H](C(=O)NCC(C)C)N(Cc1ccc(Cl)c(Cl)c1)C(=O)CSc1ccccc1. The number of benzene rings is 2. The fraction of sp³-hybridized carbons (Fsp3) is 0.391. The normalized spacial score (nSPS) is 11.9. The second-order valence-corrected chi connectivity index (χ2v) is 9.30. The third-order valence-corrected chi connectivity index (χ3v) is 6.25. The van der Waals surface area contributed by atoms with Crippen molar-refractivity contribution in [2.75, 3.05) is 12.3 Å². The maximum absolute atomic E-state index is 13.2. The first kappa shape index (κ1) is 24.6. The van der Waals surface area contributed by atoms with E-state index in [1.165, 1.54) is 11.8 Å². The summed E-state index contributed by atoms with van der Waals surface area (Å²) in [6, 6.07) is 14.5. The highest BCUT2D eigenvalue weighted by molar-refractivity contribution is 8.00. The number of rotatable bonds is 10. The van der Waals surface area contributed by atoms with Crippen LogP contribution in [0.5, 0.6) is 0 Å². The number of nitrogens with zero attached hydrogens (tertiary/aromatic N) is 1. The van der Waals surface area contributed by atoms with Crippen molar-refractivity contribution in [3.05, 3.63) is 64.1 Å². The van der Waals surface area contributed by atoms with Gasteiger partial charge in [-0.25, -0.2) is 0 Å². The highest BCUT2D eigenvalue weighted by Crippen LogP contribution is 2.25. The van der Waals surface area contributed by atoms with Crippen molar-refractivity contribution in [3.63, 3.8) is 0 Å². The maximum Gasteiger partial charge on any atom is 0.242 e. The van der Waals surface area contributed by atoms with Gasteiger partial charge in [0, 0.05) is 18.0 Å². The Morgan fingerprint density at radius 3 is 2.37 bits per heavy atom. The molecule has 0 saturated heterocycles. The van der Waals surface area contributed by atoms with E-state index in [-0.39, 0.29) is 17.6 Å². The molecule has 0 unspecified atom stereocenters. The van der Waals surface area contributed by atoms with Gasteiger partial charge in [0.05, 0.1) is 15.8 Å². The van der Waals surface area contributed by atoms with Crippen LogP contribution in [0.15, 0.2) is 53.4 Å². The Morgan fingerprint density at radius 2 is 1.77 bits per heavy atom. The molecular weight excluding hydrogens is 439 g/mol. The summed E-state index contributed by atoms with van der Waals surface area (Å²) in [6.45, 7) is 6.85. The second kappa shape index (κ2) is 12.2. The number of nitrogens with one attached hydrogen (secondary N) is 1. The molecule has 0 fully saturated rings. The van der Waals surface area contributed by atoms with E-state index in [4.69, 9.17) is 23.2 Å². The Kier molecular flexibility index (Phi) is 10.0. The van der Waals surface area contributed by atoms with E-state index in [2.05, 4.69) is 5.32 Å². The molecule has 30 heavy (non-hydrogen) atoms. The molecule has 0 heterocycles. The molecule has 4 nitrogen and oxygen atoms in total. The highest BCUT2D eigenvalue weighted by Gasteiger charge is 2.28. The van der Waals surface area contributed by atoms with E-state index in [1.54, 1.807) is 17.0 Å². The first-order chi connectivity index (χ1) is 14.3. The van der Waals surface area contributed by atoms with Crippen LogP contribution in [0.2, 0.25) is 10.0 Å². The molecule has 0 aliphatic rings. The molecule has 0 aromatic heterocycles. The van der Waals surface area contributed by atoms with E-state index in [1.807, 2.05) is 57.2 Å². The Labute approximate surface area is 193 Å². The molecule has 2 aromatic rings. The van der Waals surface area contributed by atoms with Crippen LogP contribution in [0.25, 0.3) is 0 Å². The zero-order valence-corrected chi connectivity index (χ0v) is 19.9. The lowest BCUT2D eigenvalue weighted by Gasteiger charge is -2.31. The van der Waals surface area contributed by atoms with Gasteiger partial charge < -0.3 is 10.2 Å². The van der Waals surface area contributed by atoms with Crippen molar-refractivity contribution in [1.82, 2.24) is 10.2 Å². The largest absolute Gasteiger partial charge is 0.354 e. The summed E-state index contributed by atoms with van der Waals surface area (Å²) in [5.74, 6) is 0.351. The predicted molar refractivity (Wildman–Crippen MR) is 126 cm³/mol. The number of hydrogen-bond acceptors (Lipinski definition) is 3. The standard InChI is InChI=1S/C23H28Cl2N2O2S/c1-4-21(23(29)26-13-16(2)3)27(14-17-10-11-19(24)20(25)12-17)22(28)15-30-18-8-6-5-7-9-18/h5-12,16,21H,4,13-15H2,1-3H3,(H,26,29)/t21-/m0/s1. The van der Waals surface area contributed by atoms with E-state index in [0.29, 0.717) is 35.5 Å². The minimum absolute atomic E-state index is 0.0959. The van der Waals surface area contributed by atoms with Crippen LogP contribution in [0.4, 0.5) is 0 Å². The van der Waals surface area contributed by atoms with Gasteiger partial charge in [-0.1, -0.05) is 68.2 Å². The number of carbonyl (C=O) groups is 2. The molecular formula is C23H28Cl2N2O2S. The van der Waals surface area contributed by atoms with Crippen molar-refractivity contribution in [2.45, 2.75) is 44.7 Å². The van der Waals surface area contributed by atoms with Crippen molar-refractivity contribution >= 4 is 46.8 Å². The third kappa shape index (κ3) is 7.53. The zero-order valence-electron chi connectivity index (χ0n) is 17.5. The summed E-state index contributed by atoms with van der Waals surface area (Å²) >= 11 is 13.6. The van der Waals surface area contributed by atoms with E-state index in [9.17, 15) is 9.59 Å². The van der Waals surface area contributed by atoms with Gasteiger partial charge in [0.1, 0.15) is 6.04 Å². The van der Waals surface area contributed by atoms with E-state index >= 15 is 0 Å². The third-order valence-electron chi connectivity index (χ3n) is 4.51. The second-order valence-electron chi connectivity index (χ2n) is 7.43. The molecule has 2 rings (SSSR count). The van der Waals surface area contributed by atoms with Crippen LogP contribution in [0.1, 0.15) is 32.8 Å². The lowest BCUT2D eigenvalue weighted by atomic mass is 10.1. The molecule has 0 saturated carbocycles. The Balaban J connectivity index is 2.21. The molecule has 0 aliphatic heterocycles. The fourth-order valence-electron chi connectivity index (χ4n) is 2.92. The number of amides is 2. The van der Waals surface area contributed by atoms with Crippen LogP contribution >= 0.6 is 35.0 Å². The monoisotopic (exact) mass is 466 g/mol. The lowest BCUT2D eigenvalue weighted by Crippen LogP contribution is -2.50. The van der Waals surface area contributed by atoms with Crippen LogP contribution in [0, 0.1) is 5.92 Å². The smallest absolute Gasteiger partial charge is 0.242 e. The maximum atomic E-state index is 13.2. The number of thioether (sulfide) groups is 1. The molecule has 0 aliphatic carbocycles. The lowest BCUT2D eigenvalue weighted by molar-refractivity contribution is -0.139. The van der Waals surface area contributed by atoms with Crippen LogP contribution in [-0.2, 0) is 16.1 Å². The van der Waals surface area contributed by atoms with Gasteiger partial charge >= 0.3 is 0 Å². The molecule has 0 radical (unpaired) electrons. The van der Waals surface area contributed by atoms with E-state index in [0.717, 1.165) is 10.5 Å². The van der Waals surface area contributed by atoms with Crippen LogP contribution in [0.3, 0.4) is 0 Å². The van der Waals surface area contributed by atoms with Gasteiger partial charge in [-0.15, -0.1) is 11.8 Å². The molecule has 1 N–H and O–H groups in total. The zero-order chi connectivity index (χ0) is 22.1. The van der Waals surface area contributed by atoms with Crippen molar-refractivity contribution < 1.29 is 9.59 Å². The van der Waals surface area contributed by atoms with Crippen molar-refractivity contribution in [1.29, 1.82) is 0 Å². The van der Waals surface area contributed by atoms with Gasteiger partial charge in [-0.2, -0.15) is 0 Å². The molecule has 2 aromatic carbocycles. The molecule has 0 bridgehead atoms. The molecule has 0 spiro atoms. The summed E-state index contributed by atoms with van der Waals surface area (Å²) in [5, 5.41) is 3.85. The minimum atomic E-state index is -0.554. The van der Waals surface area contributed by atoms with Gasteiger partial charge in [-0.3, -0.25) is 9.59 Å².